The molecule has 1 heterocycles. The molecule has 0 bridgehead atoms. The smallest absolute Gasteiger partial charge is 0.146 e. The number of hydrogen-bond donors (Lipinski definition) is 2. The lowest BCUT2D eigenvalue weighted by Crippen LogP contribution is -2.35. The van der Waals surface area contributed by atoms with Gasteiger partial charge in [-0.05, 0) is 41.1 Å². The summed E-state index contributed by atoms with van der Waals surface area (Å²) in [5.74, 6) is 3.21. The molecule has 3 unspecified atom stereocenters. The largest absolute Gasteiger partial charge is 0.369 e. The second-order valence-electron chi connectivity index (χ2n) is 5.43. The first-order valence-corrected chi connectivity index (χ1v) is 7.93. The van der Waals surface area contributed by atoms with Crippen LogP contribution in [0.3, 0.4) is 0 Å². The first-order valence-electron chi connectivity index (χ1n) is 7.14. The van der Waals surface area contributed by atoms with E-state index >= 15 is 0 Å². The van der Waals surface area contributed by atoms with E-state index in [1.165, 1.54) is 19.3 Å². The maximum atomic E-state index is 4.37. The first kappa shape index (κ1) is 14.6. The summed E-state index contributed by atoms with van der Waals surface area (Å²) >= 11 is 3.59. The van der Waals surface area contributed by atoms with Crippen LogP contribution in [0.4, 0.5) is 11.6 Å². The highest BCUT2D eigenvalue weighted by atomic mass is 79.9. The minimum absolute atomic E-state index is 0.504. The number of halogens is 1. The summed E-state index contributed by atoms with van der Waals surface area (Å²) in [5.41, 5.74) is 0. The van der Waals surface area contributed by atoms with Gasteiger partial charge in [-0.15, -0.1) is 0 Å². The van der Waals surface area contributed by atoms with E-state index in [4.69, 9.17) is 0 Å². The van der Waals surface area contributed by atoms with Gasteiger partial charge in [-0.2, -0.15) is 0 Å². The molecule has 2 rings (SSSR count). The highest BCUT2D eigenvalue weighted by Gasteiger charge is 2.27. The van der Waals surface area contributed by atoms with Crippen molar-refractivity contribution in [3.05, 3.63) is 10.8 Å². The molecule has 1 aromatic heterocycles. The van der Waals surface area contributed by atoms with Crippen molar-refractivity contribution in [2.24, 2.45) is 11.8 Å². The summed E-state index contributed by atoms with van der Waals surface area (Å²) in [6, 6.07) is 0.504. The molecule has 1 saturated carbocycles. The van der Waals surface area contributed by atoms with E-state index in [9.17, 15) is 0 Å². The van der Waals surface area contributed by atoms with Crippen molar-refractivity contribution in [1.82, 2.24) is 9.97 Å². The number of rotatable bonds is 4. The Balaban J connectivity index is 2.12. The molecule has 0 amide bonds. The van der Waals surface area contributed by atoms with Crippen LogP contribution in [0.1, 0.15) is 40.0 Å². The van der Waals surface area contributed by atoms with Crippen LogP contribution < -0.4 is 10.6 Å². The van der Waals surface area contributed by atoms with Gasteiger partial charge in [0.05, 0.1) is 0 Å². The van der Waals surface area contributed by atoms with Gasteiger partial charge in [0.2, 0.25) is 0 Å². The molecule has 0 spiro atoms. The fourth-order valence-corrected chi connectivity index (χ4v) is 3.18. The van der Waals surface area contributed by atoms with Crippen molar-refractivity contribution in [2.75, 3.05) is 17.2 Å². The molecule has 3 atom stereocenters. The monoisotopic (exact) mass is 326 g/mol. The quantitative estimate of drug-likeness (QED) is 0.880. The Kier molecular flexibility index (Phi) is 5.02. The SMILES string of the molecule is CCNc1ncnc(NC2CCCC(C)C2C)c1Br. The van der Waals surface area contributed by atoms with Crippen LogP contribution >= 0.6 is 15.9 Å². The Labute approximate surface area is 123 Å². The molecule has 5 heteroatoms. The Bertz CT molecular complexity index is 424. The summed E-state index contributed by atoms with van der Waals surface area (Å²) in [6.07, 6.45) is 5.47. The molecule has 2 N–H and O–H groups in total. The maximum Gasteiger partial charge on any atom is 0.146 e. The topological polar surface area (TPSA) is 49.8 Å². The van der Waals surface area contributed by atoms with Gasteiger partial charge < -0.3 is 10.6 Å². The number of aromatic nitrogens is 2. The van der Waals surface area contributed by atoms with Gasteiger partial charge in [0.25, 0.3) is 0 Å². The number of hydrogen-bond acceptors (Lipinski definition) is 4. The van der Waals surface area contributed by atoms with E-state index in [1.807, 2.05) is 0 Å². The average Bonchev–Trinajstić information content (AvgIpc) is 2.40. The lowest BCUT2D eigenvalue weighted by molar-refractivity contribution is 0.253. The van der Waals surface area contributed by atoms with Crippen LogP contribution in [-0.2, 0) is 0 Å². The molecule has 1 aromatic rings. The third-order valence-corrected chi connectivity index (χ3v) is 4.91. The minimum Gasteiger partial charge on any atom is -0.369 e. The molecule has 1 aliphatic carbocycles. The number of nitrogens with one attached hydrogen (secondary N) is 2. The fourth-order valence-electron chi connectivity index (χ4n) is 2.72. The minimum atomic E-state index is 0.504. The zero-order chi connectivity index (χ0) is 13.8. The van der Waals surface area contributed by atoms with E-state index < -0.39 is 0 Å². The van der Waals surface area contributed by atoms with E-state index in [1.54, 1.807) is 6.33 Å². The zero-order valence-corrected chi connectivity index (χ0v) is 13.5. The van der Waals surface area contributed by atoms with Crippen LogP contribution in [0.15, 0.2) is 10.8 Å². The molecule has 4 nitrogen and oxygen atoms in total. The van der Waals surface area contributed by atoms with E-state index in [2.05, 4.69) is 57.3 Å². The maximum absolute atomic E-state index is 4.37. The number of nitrogens with zero attached hydrogens (tertiary/aromatic N) is 2. The lowest BCUT2D eigenvalue weighted by Gasteiger charge is -2.35. The Hall–Kier alpha value is -0.840. The Morgan fingerprint density at radius 2 is 2.00 bits per heavy atom. The Morgan fingerprint density at radius 1 is 1.26 bits per heavy atom. The second kappa shape index (κ2) is 6.55. The third-order valence-electron chi connectivity index (χ3n) is 4.16. The highest BCUT2D eigenvalue weighted by Crippen LogP contribution is 2.34. The van der Waals surface area contributed by atoms with Gasteiger partial charge in [-0.1, -0.05) is 26.7 Å². The van der Waals surface area contributed by atoms with E-state index in [0.29, 0.717) is 12.0 Å². The van der Waals surface area contributed by atoms with Gasteiger partial charge in [0.15, 0.2) is 0 Å². The molecule has 1 aliphatic rings. The third kappa shape index (κ3) is 3.38. The molecular weight excluding hydrogens is 304 g/mol. The van der Waals surface area contributed by atoms with Crippen LogP contribution in [0.25, 0.3) is 0 Å². The summed E-state index contributed by atoms with van der Waals surface area (Å²) in [5, 5.41) is 6.83. The fraction of sp³-hybridized carbons (Fsp3) is 0.714. The summed E-state index contributed by atoms with van der Waals surface area (Å²) in [6.45, 7) is 7.60. The van der Waals surface area contributed by atoms with Gasteiger partial charge >= 0.3 is 0 Å². The molecule has 19 heavy (non-hydrogen) atoms. The van der Waals surface area contributed by atoms with Crippen LogP contribution in [0, 0.1) is 11.8 Å². The molecule has 0 aliphatic heterocycles. The molecule has 1 fully saturated rings. The van der Waals surface area contributed by atoms with Crippen molar-refractivity contribution in [1.29, 1.82) is 0 Å². The molecular formula is C14H23BrN4. The first-order chi connectivity index (χ1) is 9.13. The van der Waals surface area contributed by atoms with Gasteiger partial charge in [-0.25, -0.2) is 9.97 Å². The van der Waals surface area contributed by atoms with Crippen LogP contribution in [0.5, 0.6) is 0 Å². The van der Waals surface area contributed by atoms with Crippen molar-refractivity contribution in [2.45, 2.75) is 46.1 Å². The molecule has 0 radical (unpaired) electrons. The van der Waals surface area contributed by atoms with Gasteiger partial charge in [0.1, 0.15) is 22.4 Å². The van der Waals surface area contributed by atoms with Crippen molar-refractivity contribution < 1.29 is 0 Å². The standard InChI is InChI=1S/C14H23BrN4/c1-4-16-13-12(15)14(18-8-17-13)19-11-7-5-6-9(2)10(11)3/h8-11H,4-7H2,1-3H3,(H2,16,17,18,19). The summed E-state index contributed by atoms with van der Waals surface area (Å²) < 4.78 is 0.933. The summed E-state index contributed by atoms with van der Waals surface area (Å²) in [4.78, 5) is 8.61. The summed E-state index contributed by atoms with van der Waals surface area (Å²) in [7, 11) is 0. The molecule has 106 valence electrons. The van der Waals surface area contributed by atoms with Crippen LogP contribution in [-0.4, -0.2) is 22.6 Å². The van der Waals surface area contributed by atoms with E-state index in [-0.39, 0.29) is 0 Å². The lowest BCUT2D eigenvalue weighted by atomic mass is 9.78. The van der Waals surface area contributed by atoms with Crippen molar-refractivity contribution in [3.63, 3.8) is 0 Å². The predicted molar refractivity (Wildman–Crippen MR) is 83.5 cm³/mol. The predicted octanol–water partition coefficient (Wildman–Crippen LogP) is 3.91. The normalized spacial score (nSPS) is 27.1. The average molecular weight is 327 g/mol. The van der Waals surface area contributed by atoms with Crippen molar-refractivity contribution >= 4 is 27.6 Å². The van der Waals surface area contributed by atoms with E-state index in [0.717, 1.165) is 28.6 Å². The molecule has 0 aromatic carbocycles. The van der Waals surface area contributed by atoms with Gasteiger partial charge in [0, 0.05) is 12.6 Å². The number of anilines is 2. The van der Waals surface area contributed by atoms with Crippen molar-refractivity contribution in [3.8, 4) is 0 Å². The molecule has 0 saturated heterocycles. The highest BCUT2D eigenvalue weighted by molar-refractivity contribution is 9.10. The van der Waals surface area contributed by atoms with Gasteiger partial charge in [-0.3, -0.25) is 0 Å². The zero-order valence-electron chi connectivity index (χ0n) is 11.9. The second-order valence-corrected chi connectivity index (χ2v) is 6.23. The van der Waals surface area contributed by atoms with Crippen LogP contribution in [0.2, 0.25) is 0 Å². The Morgan fingerprint density at radius 3 is 2.74 bits per heavy atom.